The van der Waals surface area contributed by atoms with E-state index < -0.39 is 21.5 Å². The van der Waals surface area contributed by atoms with Crippen molar-refractivity contribution in [2.24, 2.45) is 4.40 Å². The summed E-state index contributed by atoms with van der Waals surface area (Å²) in [6.45, 7) is 5.43. The Hall–Kier alpha value is -1.83. The predicted octanol–water partition coefficient (Wildman–Crippen LogP) is 4.70. The normalized spacial score (nSPS) is 13.6. The van der Waals surface area contributed by atoms with E-state index in [1.54, 1.807) is 17.5 Å². The monoisotopic (exact) mass is 410 g/mol. The molecule has 0 fully saturated rings. The van der Waals surface area contributed by atoms with Gasteiger partial charge in [0.05, 0.1) is 10.3 Å². The maximum atomic E-state index is 13.7. The van der Waals surface area contributed by atoms with Gasteiger partial charge in [0.2, 0.25) is 0 Å². The Morgan fingerprint density at radius 3 is 2.69 bits per heavy atom. The van der Waals surface area contributed by atoms with Crippen LogP contribution in [0.2, 0.25) is 5.15 Å². The number of halogens is 2. The number of hydrogen-bond acceptors (Lipinski definition) is 3. The van der Waals surface area contributed by atoms with Crippen LogP contribution < -0.4 is 5.56 Å². The minimum atomic E-state index is -1.48. The minimum absolute atomic E-state index is 0.261. The zero-order chi connectivity index (χ0) is 19.1. The SMILES string of the molecule is CC(C)(C)S(=O)/N=C/c1cc2scc(Cl)n2c(=O)c1-c1cccc(F)c1. The van der Waals surface area contributed by atoms with Crippen molar-refractivity contribution in [3.05, 3.63) is 62.6 Å². The molecule has 1 unspecified atom stereocenters. The maximum Gasteiger partial charge on any atom is 0.265 e. The average Bonchev–Trinajstić information content (AvgIpc) is 2.93. The summed E-state index contributed by atoms with van der Waals surface area (Å²) in [5.41, 5.74) is 0.769. The van der Waals surface area contributed by atoms with Crippen molar-refractivity contribution in [2.75, 3.05) is 0 Å². The van der Waals surface area contributed by atoms with Crippen LogP contribution in [-0.4, -0.2) is 19.6 Å². The molecule has 0 radical (unpaired) electrons. The molecule has 0 saturated carbocycles. The van der Waals surface area contributed by atoms with Crippen molar-refractivity contribution in [2.45, 2.75) is 25.5 Å². The van der Waals surface area contributed by atoms with Gasteiger partial charge in [0.15, 0.2) is 0 Å². The summed E-state index contributed by atoms with van der Waals surface area (Å²) < 4.78 is 30.9. The predicted molar refractivity (Wildman–Crippen MR) is 107 cm³/mol. The van der Waals surface area contributed by atoms with Gasteiger partial charge < -0.3 is 0 Å². The number of fused-ring (bicyclic) bond motifs is 1. The van der Waals surface area contributed by atoms with Crippen molar-refractivity contribution in [1.29, 1.82) is 0 Å². The quantitative estimate of drug-likeness (QED) is 0.587. The van der Waals surface area contributed by atoms with Crippen molar-refractivity contribution >= 4 is 45.0 Å². The third kappa shape index (κ3) is 3.65. The van der Waals surface area contributed by atoms with E-state index >= 15 is 0 Å². The summed E-state index contributed by atoms with van der Waals surface area (Å²) in [6.07, 6.45) is 1.41. The Labute approximate surface area is 161 Å². The van der Waals surface area contributed by atoms with Gasteiger partial charge >= 0.3 is 0 Å². The summed E-state index contributed by atoms with van der Waals surface area (Å²) in [4.78, 5) is 13.6. The van der Waals surface area contributed by atoms with Crippen LogP contribution in [0.25, 0.3) is 16.0 Å². The molecule has 26 heavy (non-hydrogen) atoms. The third-order valence-corrected chi connectivity index (χ3v) is 6.26. The summed E-state index contributed by atoms with van der Waals surface area (Å²) in [6, 6.07) is 7.50. The van der Waals surface area contributed by atoms with Crippen LogP contribution in [0.4, 0.5) is 4.39 Å². The van der Waals surface area contributed by atoms with Gasteiger partial charge in [-0.25, -0.2) is 8.60 Å². The molecule has 1 aromatic carbocycles. The van der Waals surface area contributed by atoms with E-state index in [4.69, 9.17) is 11.6 Å². The number of pyridine rings is 1. The molecule has 136 valence electrons. The van der Waals surface area contributed by atoms with Crippen LogP contribution in [0, 0.1) is 5.82 Å². The summed E-state index contributed by atoms with van der Waals surface area (Å²) in [5.74, 6) is -0.454. The van der Waals surface area contributed by atoms with Crippen LogP contribution in [0.3, 0.4) is 0 Å². The summed E-state index contributed by atoms with van der Waals surface area (Å²) in [5, 5.41) is 1.94. The molecule has 3 rings (SSSR count). The summed E-state index contributed by atoms with van der Waals surface area (Å²) in [7, 11) is -1.48. The zero-order valence-corrected chi connectivity index (χ0v) is 16.7. The van der Waals surface area contributed by atoms with Gasteiger partial charge in [-0.1, -0.05) is 23.7 Å². The standard InChI is InChI=1S/C18H16ClFN2O2S2/c1-18(2,3)26(24)21-9-12-8-15-22(14(19)10-25-15)17(23)16(12)11-5-4-6-13(20)7-11/h4-10H,1-3H3/b21-9+. The van der Waals surface area contributed by atoms with Crippen molar-refractivity contribution < 1.29 is 8.60 Å². The van der Waals surface area contributed by atoms with E-state index in [0.29, 0.717) is 16.0 Å². The highest BCUT2D eigenvalue weighted by Gasteiger charge is 2.20. The second kappa shape index (κ2) is 7.06. The first kappa shape index (κ1) is 18.9. The first-order valence-electron chi connectivity index (χ1n) is 7.73. The molecule has 3 aromatic rings. The molecule has 0 N–H and O–H groups in total. The number of thiazole rings is 1. The zero-order valence-electron chi connectivity index (χ0n) is 14.3. The van der Waals surface area contributed by atoms with Gasteiger partial charge in [0.1, 0.15) is 26.8 Å². The Balaban J connectivity index is 2.27. The lowest BCUT2D eigenvalue weighted by Gasteiger charge is -2.13. The molecule has 0 amide bonds. The number of nitrogens with zero attached hydrogens (tertiary/aromatic N) is 2. The van der Waals surface area contributed by atoms with Crippen molar-refractivity contribution in [3.63, 3.8) is 0 Å². The lowest BCUT2D eigenvalue weighted by atomic mass is 10.0. The van der Waals surface area contributed by atoms with E-state index in [1.807, 2.05) is 20.8 Å². The number of benzene rings is 1. The molecule has 8 heteroatoms. The van der Waals surface area contributed by atoms with E-state index in [0.717, 1.165) is 0 Å². The molecule has 0 aliphatic rings. The lowest BCUT2D eigenvalue weighted by molar-refractivity contribution is 0.628. The molecule has 0 aliphatic carbocycles. The topological polar surface area (TPSA) is 50.9 Å². The molecule has 0 aliphatic heterocycles. The van der Waals surface area contributed by atoms with E-state index in [1.165, 1.54) is 40.2 Å². The first-order valence-corrected chi connectivity index (χ1v) is 10.1. The van der Waals surface area contributed by atoms with Crippen LogP contribution >= 0.6 is 22.9 Å². The van der Waals surface area contributed by atoms with Crippen LogP contribution in [0.1, 0.15) is 26.3 Å². The number of aromatic nitrogens is 1. The highest BCUT2D eigenvalue weighted by atomic mass is 35.5. The Kier molecular flexibility index (Phi) is 5.14. The van der Waals surface area contributed by atoms with E-state index in [9.17, 15) is 13.4 Å². The van der Waals surface area contributed by atoms with Gasteiger partial charge in [0, 0.05) is 17.2 Å². The number of rotatable bonds is 3. The van der Waals surface area contributed by atoms with E-state index in [-0.39, 0.29) is 16.3 Å². The Bertz CT molecular complexity index is 1100. The first-order chi connectivity index (χ1) is 12.2. The summed E-state index contributed by atoms with van der Waals surface area (Å²) >= 11 is 7.43. The molecule has 1 atom stereocenters. The second-order valence-corrected chi connectivity index (χ2v) is 9.83. The van der Waals surface area contributed by atoms with Crippen LogP contribution in [0.5, 0.6) is 0 Å². The molecular formula is C18H16ClFN2O2S2. The molecular weight excluding hydrogens is 395 g/mol. The molecule has 0 bridgehead atoms. The molecule has 2 aromatic heterocycles. The highest BCUT2D eigenvalue weighted by Crippen LogP contribution is 2.26. The van der Waals surface area contributed by atoms with Gasteiger partial charge in [-0.05, 0) is 44.5 Å². The molecule has 0 spiro atoms. The Morgan fingerprint density at radius 2 is 2.04 bits per heavy atom. The van der Waals surface area contributed by atoms with Crippen molar-refractivity contribution in [1.82, 2.24) is 4.40 Å². The average molecular weight is 411 g/mol. The fourth-order valence-corrected chi connectivity index (χ4v) is 4.04. The van der Waals surface area contributed by atoms with Crippen LogP contribution in [0.15, 0.2) is 44.9 Å². The second-order valence-electron chi connectivity index (χ2n) is 6.62. The van der Waals surface area contributed by atoms with Gasteiger partial charge in [-0.15, -0.1) is 11.3 Å². The van der Waals surface area contributed by atoms with Crippen molar-refractivity contribution in [3.8, 4) is 11.1 Å². The fourth-order valence-electron chi connectivity index (χ4n) is 2.35. The molecule has 0 saturated heterocycles. The fraction of sp³-hybridized carbons (Fsp3) is 0.222. The molecule has 4 nitrogen and oxygen atoms in total. The van der Waals surface area contributed by atoms with Gasteiger partial charge in [0.25, 0.3) is 5.56 Å². The van der Waals surface area contributed by atoms with Gasteiger partial charge in [-0.2, -0.15) is 4.40 Å². The van der Waals surface area contributed by atoms with Crippen LogP contribution in [-0.2, 0) is 11.0 Å². The number of hydrogen-bond donors (Lipinski definition) is 0. The lowest BCUT2D eigenvalue weighted by Crippen LogP contribution is -2.20. The largest absolute Gasteiger partial charge is 0.268 e. The third-order valence-electron chi connectivity index (χ3n) is 3.62. The minimum Gasteiger partial charge on any atom is -0.268 e. The highest BCUT2D eigenvalue weighted by molar-refractivity contribution is 7.85. The Morgan fingerprint density at radius 1 is 1.31 bits per heavy atom. The van der Waals surface area contributed by atoms with Gasteiger partial charge in [-0.3, -0.25) is 9.20 Å². The molecule has 2 heterocycles. The maximum absolute atomic E-state index is 13.7. The van der Waals surface area contributed by atoms with E-state index in [2.05, 4.69) is 4.40 Å². The smallest absolute Gasteiger partial charge is 0.265 e.